The molecule has 0 aliphatic rings. The van der Waals surface area contributed by atoms with Crippen LogP contribution in [0.15, 0.2) is 18.2 Å². The summed E-state index contributed by atoms with van der Waals surface area (Å²) in [7, 11) is 0. The van der Waals surface area contributed by atoms with Gasteiger partial charge in [-0.15, -0.1) is 0 Å². The predicted molar refractivity (Wildman–Crippen MR) is 63.1 cm³/mol. The molecule has 3 nitrogen and oxygen atoms in total. The highest BCUT2D eigenvalue weighted by Crippen LogP contribution is 2.23. The molecule has 3 heteroatoms. The van der Waals surface area contributed by atoms with E-state index >= 15 is 0 Å². The Morgan fingerprint density at radius 2 is 1.94 bits per heavy atom. The average Bonchev–Trinajstić information content (AvgIpc) is 2.16. The minimum absolute atomic E-state index is 0.0000926. The zero-order chi connectivity index (χ0) is 12.3. The maximum Gasteiger partial charge on any atom is 0.339 e. The van der Waals surface area contributed by atoms with Crippen molar-refractivity contribution in [2.24, 2.45) is 5.92 Å². The Balaban J connectivity index is 3.01. The van der Waals surface area contributed by atoms with Gasteiger partial charge in [-0.25, -0.2) is 4.79 Å². The van der Waals surface area contributed by atoms with Crippen LogP contribution in [0.1, 0.15) is 36.7 Å². The van der Waals surface area contributed by atoms with Crippen LogP contribution in [0, 0.1) is 12.8 Å². The van der Waals surface area contributed by atoms with Gasteiger partial charge in [-0.1, -0.05) is 19.9 Å². The Morgan fingerprint density at radius 1 is 1.31 bits per heavy atom. The fourth-order valence-corrected chi connectivity index (χ4v) is 1.24. The molecule has 0 aliphatic heterocycles. The van der Waals surface area contributed by atoms with Gasteiger partial charge < -0.3 is 9.84 Å². The summed E-state index contributed by atoms with van der Waals surface area (Å²) in [5, 5.41) is 9.03. The molecule has 0 heterocycles. The van der Waals surface area contributed by atoms with Gasteiger partial charge in [0.2, 0.25) is 0 Å². The second-order valence-corrected chi connectivity index (χ2v) is 4.37. The third-order valence-electron chi connectivity index (χ3n) is 2.62. The van der Waals surface area contributed by atoms with E-state index < -0.39 is 5.97 Å². The lowest BCUT2D eigenvalue weighted by Crippen LogP contribution is -2.20. The van der Waals surface area contributed by atoms with Crippen molar-refractivity contribution in [1.29, 1.82) is 0 Å². The molecule has 1 N–H and O–H groups in total. The van der Waals surface area contributed by atoms with E-state index in [9.17, 15) is 4.79 Å². The van der Waals surface area contributed by atoms with Crippen molar-refractivity contribution in [3.05, 3.63) is 29.3 Å². The van der Waals surface area contributed by atoms with Crippen LogP contribution in [0.5, 0.6) is 5.75 Å². The highest BCUT2D eigenvalue weighted by molar-refractivity contribution is 5.90. The SMILES string of the molecule is Cc1ccc(C(=O)O)c(OC(C)C(C)C)c1. The van der Waals surface area contributed by atoms with Crippen LogP contribution in [-0.2, 0) is 0 Å². The fraction of sp³-hybridized carbons (Fsp3) is 0.462. The summed E-state index contributed by atoms with van der Waals surface area (Å²) >= 11 is 0. The van der Waals surface area contributed by atoms with Gasteiger partial charge in [-0.2, -0.15) is 0 Å². The Kier molecular flexibility index (Phi) is 3.93. The van der Waals surface area contributed by atoms with Crippen LogP contribution in [-0.4, -0.2) is 17.2 Å². The highest BCUT2D eigenvalue weighted by atomic mass is 16.5. The van der Waals surface area contributed by atoms with Gasteiger partial charge in [0.15, 0.2) is 0 Å². The standard InChI is InChI=1S/C13H18O3/c1-8(2)10(4)16-12-7-9(3)5-6-11(12)13(14)15/h5-8,10H,1-4H3,(H,14,15). The Hall–Kier alpha value is -1.51. The monoisotopic (exact) mass is 222 g/mol. The zero-order valence-electron chi connectivity index (χ0n) is 10.2. The summed E-state index contributed by atoms with van der Waals surface area (Å²) < 4.78 is 5.67. The molecule has 0 aliphatic carbocycles. The molecule has 0 fully saturated rings. The summed E-state index contributed by atoms with van der Waals surface area (Å²) in [4.78, 5) is 11.0. The predicted octanol–water partition coefficient (Wildman–Crippen LogP) is 3.12. The molecule has 16 heavy (non-hydrogen) atoms. The van der Waals surface area contributed by atoms with Gasteiger partial charge in [-0.05, 0) is 37.5 Å². The lowest BCUT2D eigenvalue weighted by molar-refractivity contribution is 0.0687. The number of carbonyl (C=O) groups is 1. The fourth-order valence-electron chi connectivity index (χ4n) is 1.24. The van der Waals surface area contributed by atoms with E-state index in [1.54, 1.807) is 18.2 Å². The molecule has 0 spiro atoms. The van der Waals surface area contributed by atoms with E-state index in [1.807, 2.05) is 27.7 Å². The Bertz CT molecular complexity index is 383. The van der Waals surface area contributed by atoms with Gasteiger partial charge in [0, 0.05) is 0 Å². The third-order valence-corrected chi connectivity index (χ3v) is 2.62. The van der Waals surface area contributed by atoms with E-state index in [-0.39, 0.29) is 11.7 Å². The first-order valence-corrected chi connectivity index (χ1v) is 5.42. The minimum Gasteiger partial charge on any atom is -0.490 e. The molecule has 88 valence electrons. The summed E-state index contributed by atoms with van der Waals surface area (Å²) in [5.74, 6) is -0.151. The van der Waals surface area contributed by atoms with Gasteiger partial charge >= 0.3 is 5.97 Å². The highest BCUT2D eigenvalue weighted by Gasteiger charge is 2.15. The number of aryl methyl sites for hydroxylation is 1. The smallest absolute Gasteiger partial charge is 0.339 e. The molecular formula is C13H18O3. The molecule has 0 radical (unpaired) electrons. The molecule has 0 saturated carbocycles. The van der Waals surface area contributed by atoms with Crippen LogP contribution in [0.4, 0.5) is 0 Å². The summed E-state index contributed by atoms with van der Waals surface area (Å²) in [6.45, 7) is 7.94. The molecule has 1 unspecified atom stereocenters. The maximum absolute atomic E-state index is 11.0. The van der Waals surface area contributed by atoms with Crippen molar-refractivity contribution in [3.63, 3.8) is 0 Å². The van der Waals surface area contributed by atoms with E-state index in [0.29, 0.717) is 11.7 Å². The second-order valence-electron chi connectivity index (χ2n) is 4.37. The van der Waals surface area contributed by atoms with Gasteiger partial charge in [-0.3, -0.25) is 0 Å². The number of carboxylic acids is 1. The third kappa shape index (κ3) is 2.99. The molecule has 1 rings (SSSR count). The van der Waals surface area contributed by atoms with Gasteiger partial charge in [0.05, 0.1) is 6.10 Å². The quantitative estimate of drug-likeness (QED) is 0.851. The molecule has 1 aromatic rings. The van der Waals surface area contributed by atoms with Crippen molar-refractivity contribution < 1.29 is 14.6 Å². The molecule has 0 amide bonds. The van der Waals surface area contributed by atoms with Gasteiger partial charge in [0.25, 0.3) is 0 Å². The Labute approximate surface area is 96.1 Å². The summed E-state index contributed by atoms with van der Waals surface area (Å²) in [6.07, 6.45) is -0.0000926. The van der Waals surface area contributed by atoms with Crippen molar-refractivity contribution in [1.82, 2.24) is 0 Å². The molecule has 0 saturated heterocycles. The number of hydrogen-bond acceptors (Lipinski definition) is 2. The number of rotatable bonds is 4. The molecular weight excluding hydrogens is 204 g/mol. The van der Waals surface area contributed by atoms with Crippen LogP contribution in [0.2, 0.25) is 0 Å². The van der Waals surface area contributed by atoms with Crippen LogP contribution in [0.3, 0.4) is 0 Å². The van der Waals surface area contributed by atoms with E-state index in [2.05, 4.69) is 0 Å². The largest absolute Gasteiger partial charge is 0.490 e. The van der Waals surface area contributed by atoms with Crippen LogP contribution in [0.25, 0.3) is 0 Å². The first-order chi connectivity index (χ1) is 7.41. The van der Waals surface area contributed by atoms with Gasteiger partial charge in [0.1, 0.15) is 11.3 Å². The lowest BCUT2D eigenvalue weighted by atomic mass is 10.1. The molecule has 1 atom stereocenters. The Morgan fingerprint density at radius 3 is 2.44 bits per heavy atom. The number of ether oxygens (including phenoxy) is 1. The minimum atomic E-state index is -0.953. The van der Waals surface area contributed by atoms with Crippen molar-refractivity contribution >= 4 is 5.97 Å². The van der Waals surface area contributed by atoms with Crippen LogP contribution < -0.4 is 4.74 Å². The maximum atomic E-state index is 11.0. The number of benzene rings is 1. The summed E-state index contributed by atoms with van der Waals surface area (Å²) in [5.41, 5.74) is 1.22. The summed E-state index contributed by atoms with van der Waals surface area (Å²) in [6, 6.07) is 5.12. The molecule has 1 aromatic carbocycles. The van der Waals surface area contributed by atoms with E-state index in [4.69, 9.17) is 9.84 Å². The first-order valence-electron chi connectivity index (χ1n) is 5.42. The zero-order valence-corrected chi connectivity index (χ0v) is 10.2. The van der Waals surface area contributed by atoms with Crippen molar-refractivity contribution in [2.45, 2.75) is 33.8 Å². The number of carboxylic acid groups (broad SMARTS) is 1. The topological polar surface area (TPSA) is 46.5 Å². The second kappa shape index (κ2) is 5.01. The number of aromatic carboxylic acids is 1. The lowest BCUT2D eigenvalue weighted by Gasteiger charge is -2.19. The molecule has 0 bridgehead atoms. The van der Waals surface area contributed by atoms with E-state index in [0.717, 1.165) is 5.56 Å². The molecule has 0 aromatic heterocycles. The van der Waals surface area contributed by atoms with Crippen LogP contribution >= 0.6 is 0 Å². The first kappa shape index (κ1) is 12.6. The van der Waals surface area contributed by atoms with Crippen molar-refractivity contribution in [2.75, 3.05) is 0 Å². The normalized spacial score (nSPS) is 12.6. The average molecular weight is 222 g/mol. The van der Waals surface area contributed by atoms with Crippen molar-refractivity contribution in [3.8, 4) is 5.75 Å². The number of hydrogen-bond donors (Lipinski definition) is 1. The van der Waals surface area contributed by atoms with E-state index in [1.165, 1.54) is 0 Å².